The molecule has 1 N–H and O–H groups in total. The fourth-order valence-corrected chi connectivity index (χ4v) is 7.91. The van der Waals surface area contributed by atoms with Gasteiger partial charge in [-0.2, -0.15) is 0 Å². The Bertz CT molecular complexity index is 801. The predicted molar refractivity (Wildman–Crippen MR) is 225 cm³/mol. The minimum atomic E-state index is 0.00740. The van der Waals surface area contributed by atoms with E-state index in [1.165, 1.54) is 167 Å². The number of hydrogen-bond acceptors (Lipinski definition) is 6. The van der Waals surface area contributed by atoms with Crippen LogP contribution in [0.5, 0.6) is 0 Å². The zero-order chi connectivity index (χ0) is 38.5. The van der Waals surface area contributed by atoms with E-state index in [-0.39, 0.29) is 18.5 Å². The molecular formula is C47H91NO5. The molecule has 1 aliphatic carbocycles. The molecule has 0 aromatic carbocycles. The van der Waals surface area contributed by atoms with Crippen LogP contribution in [0.25, 0.3) is 0 Å². The van der Waals surface area contributed by atoms with Gasteiger partial charge in [0.05, 0.1) is 13.2 Å². The molecule has 6 heteroatoms. The molecule has 0 saturated heterocycles. The molecule has 0 aliphatic heterocycles. The summed E-state index contributed by atoms with van der Waals surface area (Å²) in [6.45, 7) is 11.6. The minimum Gasteiger partial charge on any atom is -0.466 e. The fraction of sp³-hybridized carbons (Fsp3) is 0.957. The number of nitrogens with zero attached hydrogens (tertiary/aromatic N) is 1. The Morgan fingerprint density at radius 1 is 0.528 bits per heavy atom. The lowest BCUT2D eigenvalue weighted by molar-refractivity contribution is -0.145. The van der Waals surface area contributed by atoms with Gasteiger partial charge in [0.2, 0.25) is 0 Å². The molecule has 53 heavy (non-hydrogen) atoms. The molecule has 0 spiro atoms. The third-order valence-corrected chi connectivity index (χ3v) is 11.9. The van der Waals surface area contributed by atoms with E-state index in [2.05, 4.69) is 25.7 Å². The van der Waals surface area contributed by atoms with Crippen LogP contribution in [-0.4, -0.2) is 61.4 Å². The number of carbonyl (C=O) groups is 2. The van der Waals surface area contributed by atoms with Crippen LogP contribution in [-0.2, 0) is 19.1 Å². The molecule has 0 unspecified atom stereocenters. The van der Waals surface area contributed by atoms with Gasteiger partial charge < -0.3 is 19.5 Å². The smallest absolute Gasteiger partial charge is 0.305 e. The van der Waals surface area contributed by atoms with Crippen LogP contribution in [0.3, 0.4) is 0 Å². The van der Waals surface area contributed by atoms with Crippen molar-refractivity contribution >= 4 is 11.9 Å². The molecule has 0 radical (unpaired) electrons. The quantitative estimate of drug-likeness (QED) is 0.0495. The van der Waals surface area contributed by atoms with Crippen molar-refractivity contribution in [3.8, 4) is 0 Å². The third kappa shape index (κ3) is 31.7. The van der Waals surface area contributed by atoms with Gasteiger partial charge >= 0.3 is 11.9 Å². The maximum Gasteiger partial charge on any atom is 0.305 e. The summed E-state index contributed by atoms with van der Waals surface area (Å²) >= 11 is 0. The summed E-state index contributed by atoms with van der Waals surface area (Å²) in [5.74, 6) is 0.555. The fourth-order valence-electron chi connectivity index (χ4n) is 7.91. The summed E-state index contributed by atoms with van der Waals surface area (Å²) in [5, 5.41) is 9.32. The van der Waals surface area contributed by atoms with Gasteiger partial charge in [0.25, 0.3) is 0 Å². The highest BCUT2D eigenvalue weighted by Crippen LogP contribution is 2.53. The van der Waals surface area contributed by atoms with E-state index in [9.17, 15) is 14.7 Å². The SMILES string of the molecule is CCCCCCCCCOC(=O)CCC1(CCCCN(CCCCO)CCCCCCCC(=O)OCC(CCCCCCC)CCCCCCC)CC1. The van der Waals surface area contributed by atoms with E-state index >= 15 is 0 Å². The highest BCUT2D eigenvalue weighted by molar-refractivity contribution is 5.69. The second kappa shape index (κ2) is 36.5. The number of hydrogen-bond donors (Lipinski definition) is 1. The lowest BCUT2D eigenvalue weighted by Gasteiger charge is -2.23. The van der Waals surface area contributed by atoms with Crippen molar-refractivity contribution in [1.82, 2.24) is 4.90 Å². The molecule has 0 aromatic rings. The second-order valence-corrected chi connectivity index (χ2v) is 17.0. The lowest BCUT2D eigenvalue weighted by Crippen LogP contribution is -2.27. The molecule has 1 rings (SSSR count). The molecule has 314 valence electrons. The van der Waals surface area contributed by atoms with E-state index in [0.29, 0.717) is 37.4 Å². The average Bonchev–Trinajstić information content (AvgIpc) is 3.94. The molecule has 0 heterocycles. The van der Waals surface area contributed by atoms with Gasteiger partial charge in [-0.1, -0.05) is 149 Å². The first-order valence-corrected chi connectivity index (χ1v) is 23.6. The standard InChI is InChI=1S/C47H91NO5/c1-4-7-10-13-14-20-29-42-52-46(51)33-35-47(36-37-47)34-24-26-39-48(40-27-28-41-49)38-25-19-15-18-23-32-45(50)53-43-44(30-21-16-11-8-5-2)31-22-17-12-9-6-3/h44,49H,4-43H2,1-3H3. The van der Waals surface area contributed by atoms with Gasteiger partial charge in [-0.05, 0) is 108 Å². The van der Waals surface area contributed by atoms with Gasteiger partial charge in [0.1, 0.15) is 0 Å². The Balaban J connectivity index is 2.19. The van der Waals surface area contributed by atoms with Gasteiger partial charge in [-0.25, -0.2) is 0 Å². The first-order chi connectivity index (χ1) is 26.0. The monoisotopic (exact) mass is 750 g/mol. The Kier molecular flexibility index (Phi) is 34.3. The van der Waals surface area contributed by atoms with E-state index in [4.69, 9.17) is 9.47 Å². The molecule has 1 saturated carbocycles. The van der Waals surface area contributed by atoms with Crippen LogP contribution < -0.4 is 0 Å². The number of esters is 2. The predicted octanol–water partition coefficient (Wildman–Crippen LogP) is 13.3. The Hall–Kier alpha value is -1.14. The van der Waals surface area contributed by atoms with Crippen LogP contribution in [0.4, 0.5) is 0 Å². The maximum atomic E-state index is 12.6. The Labute approximate surface area is 330 Å². The van der Waals surface area contributed by atoms with Gasteiger partial charge in [-0.15, -0.1) is 0 Å². The van der Waals surface area contributed by atoms with Crippen molar-refractivity contribution in [3.05, 3.63) is 0 Å². The van der Waals surface area contributed by atoms with E-state index in [1.807, 2.05) is 0 Å². The topological polar surface area (TPSA) is 76.1 Å². The molecular weight excluding hydrogens is 659 g/mol. The zero-order valence-corrected chi connectivity index (χ0v) is 35.9. The van der Waals surface area contributed by atoms with Crippen molar-refractivity contribution < 1.29 is 24.2 Å². The second-order valence-electron chi connectivity index (χ2n) is 17.0. The number of aliphatic hydroxyl groups is 1. The maximum absolute atomic E-state index is 12.6. The molecule has 1 fully saturated rings. The number of ether oxygens (including phenoxy) is 2. The minimum absolute atomic E-state index is 0.00740. The normalized spacial score (nSPS) is 13.6. The van der Waals surface area contributed by atoms with Crippen LogP contribution in [0.1, 0.15) is 239 Å². The van der Waals surface area contributed by atoms with Gasteiger partial charge in [0.15, 0.2) is 0 Å². The van der Waals surface area contributed by atoms with Gasteiger partial charge in [0, 0.05) is 19.4 Å². The van der Waals surface area contributed by atoms with Crippen LogP contribution in [0.2, 0.25) is 0 Å². The molecule has 0 amide bonds. The highest BCUT2D eigenvalue weighted by atomic mass is 16.5. The van der Waals surface area contributed by atoms with E-state index < -0.39 is 0 Å². The summed E-state index contributed by atoms with van der Waals surface area (Å²) in [4.78, 5) is 27.5. The van der Waals surface area contributed by atoms with E-state index in [0.717, 1.165) is 58.2 Å². The Morgan fingerprint density at radius 2 is 1.00 bits per heavy atom. The summed E-state index contributed by atoms with van der Waals surface area (Å²) in [6.07, 6.45) is 40.2. The Morgan fingerprint density at radius 3 is 1.57 bits per heavy atom. The molecule has 0 bridgehead atoms. The number of carbonyl (C=O) groups excluding carboxylic acids is 2. The zero-order valence-electron chi connectivity index (χ0n) is 35.9. The van der Waals surface area contributed by atoms with Crippen molar-refractivity contribution in [1.29, 1.82) is 0 Å². The van der Waals surface area contributed by atoms with Crippen LogP contribution >= 0.6 is 0 Å². The van der Waals surface area contributed by atoms with Crippen LogP contribution in [0, 0.1) is 11.3 Å². The third-order valence-electron chi connectivity index (χ3n) is 11.9. The first kappa shape index (κ1) is 49.9. The van der Waals surface area contributed by atoms with Gasteiger partial charge in [-0.3, -0.25) is 9.59 Å². The number of aliphatic hydroxyl groups excluding tert-OH is 1. The molecule has 0 aromatic heterocycles. The van der Waals surface area contributed by atoms with Crippen molar-refractivity contribution in [2.24, 2.45) is 11.3 Å². The summed E-state index contributed by atoms with van der Waals surface area (Å²) in [5.41, 5.74) is 0.399. The first-order valence-electron chi connectivity index (χ1n) is 23.6. The number of unbranched alkanes of at least 4 members (excludes halogenated alkanes) is 20. The summed E-state index contributed by atoms with van der Waals surface area (Å²) < 4.78 is 11.4. The molecule has 1 aliphatic rings. The summed E-state index contributed by atoms with van der Waals surface area (Å²) in [7, 11) is 0. The van der Waals surface area contributed by atoms with Crippen molar-refractivity contribution in [2.45, 2.75) is 239 Å². The summed E-state index contributed by atoms with van der Waals surface area (Å²) in [6, 6.07) is 0. The van der Waals surface area contributed by atoms with Crippen molar-refractivity contribution in [2.75, 3.05) is 39.5 Å². The van der Waals surface area contributed by atoms with Crippen LogP contribution in [0.15, 0.2) is 0 Å². The largest absolute Gasteiger partial charge is 0.466 e. The molecule has 6 nitrogen and oxygen atoms in total. The highest BCUT2D eigenvalue weighted by Gasteiger charge is 2.41. The average molecular weight is 750 g/mol. The molecule has 0 atom stereocenters. The van der Waals surface area contributed by atoms with E-state index in [1.54, 1.807) is 0 Å². The van der Waals surface area contributed by atoms with Crippen molar-refractivity contribution in [3.63, 3.8) is 0 Å². The lowest BCUT2D eigenvalue weighted by atomic mass is 9.93. The number of rotatable bonds is 42.